The van der Waals surface area contributed by atoms with E-state index < -0.39 is 23.9 Å². The van der Waals surface area contributed by atoms with Gasteiger partial charge in [-0.15, -0.1) is 0 Å². The van der Waals surface area contributed by atoms with E-state index in [1.165, 1.54) is 12.3 Å². The van der Waals surface area contributed by atoms with E-state index in [-0.39, 0.29) is 23.7 Å². The largest absolute Gasteiger partial charge is 0.490 e. The molecule has 0 saturated carbocycles. The molecule has 1 aliphatic rings. The van der Waals surface area contributed by atoms with E-state index in [0.29, 0.717) is 41.5 Å². The third-order valence-electron chi connectivity index (χ3n) is 7.83. The molecule has 4 heterocycles. The van der Waals surface area contributed by atoms with Gasteiger partial charge in [-0.25, -0.2) is 28.9 Å². The van der Waals surface area contributed by atoms with Gasteiger partial charge in [0.05, 0.1) is 41.0 Å². The number of carboxylic acid groups (broad SMARTS) is 2. The van der Waals surface area contributed by atoms with Crippen molar-refractivity contribution in [2.24, 2.45) is 0 Å². The highest BCUT2D eigenvalue weighted by molar-refractivity contribution is 5.92. The van der Waals surface area contributed by atoms with Crippen LogP contribution in [0.2, 0.25) is 0 Å². The third kappa shape index (κ3) is 8.56. The van der Waals surface area contributed by atoms with E-state index >= 15 is 0 Å². The molecule has 12 nitrogen and oxygen atoms in total. The summed E-state index contributed by atoms with van der Waals surface area (Å²) in [5, 5.41) is 25.6. The van der Waals surface area contributed by atoms with E-state index in [4.69, 9.17) is 29.3 Å². The maximum Gasteiger partial charge on any atom is 0.490 e. The second-order valence-electron chi connectivity index (χ2n) is 11.0. The average molecular weight is 681 g/mol. The summed E-state index contributed by atoms with van der Waals surface area (Å²) in [6.07, 6.45) is 1.42. The van der Waals surface area contributed by atoms with Crippen LogP contribution in [0.1, 0.15) is 57.5 Å². The van der Waals surface area contributed by atoms with Crippen LogP contribution in [0.25, 0.3) is 11.0 Å². The summed E-state index contributed by atoms with van der Waals surface area (Å²) in [4.78, 5) is 36.3. The second-order valence-corrected chi connectivity index (χ2v) is 11.0. The molecule has 0 atom stereocenters. The standard InChI is InChI=1S/C31H27FN6O4.C2HF3O2/c32-25-14-20(16-33)3-4-23(25)19-42-30-24(2-1-9-35-30)21-7-11-37(12-8-21)17-28-36-26-6-5-22(31(39)40)15-27(26)38(28)18-29-34-10-13-41-29;3-2(4,5)1(6)7/h1-6,9-10,13-15,21H,7-8,11-12,17-19H2,(H,39,40);(H,6,7). The highest BCUT2D eigenvalue weighted by Crippen LogP contribution is 2.34. The summed E-state index contributed by atoms with van der Waals surface area (Å²) in [6.45, 7) is 2.57. The van der Waals surface area contributed by atoms with Crippen molar-refractivity contribution in [1.82, 2.24) is 24.4 Å². The SMILES string of the molecule is N#Cc1ccc(COc2ncccc2C2CCN(Cc3nc4ccc(C(=O)O)cc4n3Cc3ncco3)CC2)c(F)c1.O=C(O)C(F)(F)F. The monoisotopic (exact) mass is 680 g/mol. The molecule has 0 unspecified atom stereocenters. The van der Waals surface area contributed by atoms with Crippen molar-refractivity contribution >= 4 is 23.0 Å². The number of nitrogens with zero attached hydrogens (tertiary/aromatic N) is 6. The lowest BCUT2D eigenvalue weighted by Crippen LogP contribution is -2.33. The molecule has 49 heavy (non-hydrogen) atoms. The normalized spacial score (nSPS) is 13.8. The van der Waals surface area contributed by atoms with Crippen LogP contribution in [0.15, 0.2) is 71.6 Å². The molecule has 3 aromatic heterocycles. The number of rotatable bonds is 9. The fourth-order valence-electron chi connectivity index (χ4n) is 5.39. The first-order valence-corrected chi connectivity index (χ1v) is 14.8. The first-order chi connectivity index (χ1) is 23.4. The number of halogens is 4. The van der Waals surface area contributed by atoms with Crippen LogP contribution < -0.4 is 4.74 Å². The molecule has 1 fully saturated rings. The van der Waals surface area contributed by atoms with Gasteiger partial charge in [-0.05, 0) is 68.2 Å². The van der Waals surface area contributed by atoms with Crippen LogP contribution in [0.5, 0.6) is 5.88 Å². The molecule has 0 amide bonds. The number of aromatic carboxylic acids is 1. The number of aliphatic carboxylic acids is 1. The Balaban J connectivity index is 0.000000606. The van der Waals surface area contributed by atoms with Crippen LogP contribution in [0.4, 0.5) is 17.6 Å². The number of alkyl halides is 3. The van der Waals surface area contributed by atoms with Crippen molar-refractivity contribution in [2.45, 2.75) is 44.6 Å². The van der Waals surface area contributed by atoms with Crippen molar-refractivity contribution in [1.29, 1.82) is 5.26 Å². The molecule has 2 aromatic carbocycles. The predicted octanol–water partition coefficient (Wildman–Crippen LogP) is 5.77. The molecule has 2 N–H and O–H groups in total. The van der Waals surface area contributed by atoms with Gasteiger partial charge < -0.3 is 23.9 Å². The number of pyridine rings is 1. The highest BCUT2D eigenvalue weighted by atomic mass is 19.4. The molecular weight excluding hydrogens is 652 g/mol. The first-order valence-electron chi connectivity index (χ1n) is 14.8. The van der Waals surface area contributed by atoms with Crippen molar-refractivity contribution in [3.8, 4) is 11.9 Å². The molecule has 0 aliphatic carbocycles. The summed E-state index contributed by atoms with van der Waals surface area (Å²) in [6, 6.07) is 15.1. The van der Waals surface area contributed by atoms with Gasteiger partial charge in [0.1, 0.15) is 31.1 Å². The third-order valence-corrected chi connectivity index (χ3v) is 7.83. The van der Waals surface area contributed by atoms with E-state index in [9.17, 15) is 27.5 Å². The molecule has 5 aromatic rings. The van der Waals surface area contributed by atoms with Gasteiger partial charge in [0, 0.05) is 17.3 Å². The summed E-state index contributed by atoms with van der Waals surface area (Å²) in [7, 11) is 0. The number of hydrogen-bond donors (Lipinski definition) is 2. The molecule has 1 aliphatic heterocycles. The molecule has 16 heteroatoms. The fraction of sp³-hybridized carbons (Fsp3) is 0.273. The number of benzene rings is 2. The van der Waals surface area contributed by atoms with Gasteiger partial charge >= 0.3 is 18.1 Å². The van der Waals surface area contributed by atoms with Crippen molar-refractivity contribution in [3.63, 3.8) is 0 Å². The van der Waals surface area contributed by atoms with Crippen molar-refractivity contribution < 1.29 is 46.5 Å². The van der Waals surface area contributed by atoms with Crippen molar-refractivity contribution in [2.75, 3.05) is 13.1 Å². The maximum absolute atomic E-state index is 14.4. The average Bonchev–Trinajstić information content (AvgIpc) is 3.72. The number of fused-ring (bicyclic) bond motifs is 1. The molecular formula is C33H28F4N6O6. The van der Waals surface area contributed by atoms with Gasteiger partial charge in [0.2, 0.25) is 11.8 Å². The van der Waals surface area contributed by atoms with Gasteiger partial charge in [0.15, 0.2) is 0 Å². The van der Waals surface area contributed by atoms with Crippen LogP contribution in [-0.4, -0.2) is 65.8 Å². The zero-order chi connectivity index (χ0) is 35.1. The Labute approximate surface area is 275 Å². The van der Waals surface area contributed by atoms with Crippen LogP contribution in [0, 0.1) is 17.1 Å². The van der Waals surface area contributed by atoms with Crippen LogP contribution in [-0.2, 0) is 24.5 Å². The lowest BCUT2D eigenvalue weighted by Gasteiger charge is -2.32. The molecule has 254 valence electrons. The predicted molar refractivity (Wildman–Crippen MR) is 163 cm³/mol. The zero-order valence-electron chi connectivity index (χ0n) is 25.6. The molecule has 0 radical (unpaired) electrons. The number of nitriles is 1. The number of aromatic nitrogens is 4. The Hall–Kier alpha value is -5.82. The van der Waals surface area contributed by atoms with E-state index in [1.807, 2.05) is 22.8 Å². The minimum atomic E-state index is -5.08. The number of imidazole rings is 1. The number of likely N-dealkylation sites (tertiary alicyclic amines) is 1. The highest BCUT2D eigenvalue weighted by Gasteiger charge is 2.38. The van der Waals surface area contributed by atoms with Gasteiger partial charge in [-0.3, -0.25) is 4.90 Å². The maximum atomic E-state index is 14.4. The summed E-state index contributed by atoms with van der Waals surface area (Å²) >= 11 is 0. The van der Waals surface area contributed by atoms with E-state index in [2.05, 4.69) is 14.9 Å². The van der Waals surface area contributed by atoms with E-state index in [0.717, 1.165) is 37.3 Å². The number of ether oxygens (including phenoxy) is 1. The van der Waals surface area contributed by atoms with Gasteiger partial charge in [0.25, 0.3) is 0 Å². The molecule has 0 bridgehead atoms. The summed E-state index contributed by atoms with van der Waals surface area (Å²) < 4.78 is 59.5. The molecule has 6 rings (SSSR count). The summed E-state index contributed by atoms with van der Waals surface area (Å²) in [5.41, 5.74) is 3.24. The molecule has 1 saturated heterocycles. The Morgan fingerprint density at radius 3 is 2.43 bits per heavy atom. The Kier molecular flexibility index (Phi) is 10.5. The Bertz CT molecular complexity index is 1980. The number of oxazole rings is 1. The molecule has 0 spiro atoms. The quantitative estimate of drug-likeness (QED) is 0.181. The lowest BCUT2D eigenvalue weighted by atomic mass is 9.90. The summed E-state index contributed by atoms with van der Waals surface area (Å²) in [5.74, 6) is -2.20. The minimum absolute atomic E-state index is 0.0186. The van der Waals surface area contributed by atoms with E-state index in [1.54, 1.807) is 42.7 Å². The number of carboxylic acids is 2. The van der Waals surface area contributed by atoms with Gasteiger partial charge in [-0.2, -0.15) is 18.4 Å². The van der Waals surface area contributed by atoms with Gasteiger partial charge in [-0.1, -0.05) is 12.1 Å². The number of carbonyl (C=O) groups is 2. The lowest BCUT2D eigenvalue weighted by molar-refractivity contribution is -0.192. The van der Waals surface area contributed by atoms with Crippen LogP contribution in [0.3, 0.4) is 0 Å². The number of hydrogen-bond acceptors (Lipinski definition) is 9. The Morgan fingerprint density at radius 2 is 1.80 bits per heavy atom. The first kappa shape index (κ1) is 34.5. The van der Waals surface area contributed by atoms with Crippen molar-refractivity contribution in [3.05, 3.63) is 107 Å². The zero-order valence-corrected chi connectivity index (χ0v) is 25.6. The smallest absolute Gasteiger partial charge is 0.478 e. The number of piperidine rings is 1. The Morgan fingerprint density at radius 1 is 1.04 bits per heavy atom. The fourth-order valence-corrected chi connectivity index (χ4v) is 5.39. The van der Waals surface area contributed by atoms with Crippen LogP contribution >= 0.6 is 0 Å². The minimum Gasteiger partial charge on any atom is -0.478 e. The topological polar surface area (TPSA) is 168 Å². The second kappa shape index (κ2) is 14.9.